The lowest BCUT2D eigenvalue weighted by Gasteiger charge is -2.03. The molecule has 0 fully saturated rings. The van der Waals surface area contributed by atoms with Crippen molar-refractivity contribution >= 4 is 5.97 Å². The number of aromatic nitrogens is 1. The number of aliphatic carboxylic acids is 1. The molecule has 4 heteroatoms. The van der Waals surface area contributed by atoms with Crippen LogP contribution in [0.15, 0.2) is 10.7 Å². The smallest absolute Gasteiger partial charge is 0.304 e. The summed E-state index contributed by atoms with van der Waals surface area (Å²) in [4.78, 5) is 10.4. The Morgan fingerprint density at radius 2 is 2.50 bits per heavy atom. The van der Waals surface area contributed by atoms with Gasteiger partial charge in [0.2, 0.25) is 0 Å². The molecule has 1 N–H and O–H groups in total. The van der Waals surface area contributed by atoms with Crippen LogP contribution in [0, 0.1) is 6.92 Å². The van der Waals surface area contributed by atoms with Crippen molar-refractivity contribution in [1.82, 2.24) is 5.16 Å². The first-order valence-electron chi connectivity index (χ1n) is 3.74. The van der Waals surface area contributed by atoms with Crippen LogP contribution in [0.3, 0.4) is 0 Å². The molecule has 1 rings (SSSR count). The van der Waals surface area contributed by atoms with Crippen LogP contribution in [0.5, 0.6) is 0 Å². The Labute approximate surface area is 70.2 Å². The van der Waals surface area contributed by atoms with Gasteiger partial charge in [0.25, 0.3) is 0 Å². The van der Waals surface area contributed by atoms with Crippen molar-refractivity contribution in [1.29, 1.82) is 0 Å². The van der Waals surface area contributed by atoms with Crippen molar-refractivity contribution in [3.63, 3.8) is 0 Å². The molecule has 0 amide bonds. The van der Waals surface area contributed by atoms with Gasteiger partial charge in [-0.3, -0.25) is 4.79 Å². The highest BCUT2D eigenvalue weighted by Crippen LogP contribution is 2.21. The van der Waals surface area contributed by atoms with E-state index in [9.17, 15) is 4.79 Å². The largest absolute Gasteiger partial charge is 0.481 e. The van der Waals surface area contributed by atoms with E-state index in [-0.39, 0.29) is 12.3 Å². The lowest BCUT2D eigenvalue weighted by atomic mass is 10.0. The van der Waals surface area contributed by atoms with Crippen LogP contribution in [0.4, 0.5) is 0 Å². The number of carboxylic acid groups (broad SMARTS) is 1. The monoisotopic (exact) mass is 169 g/mol. The summed E-state index contributed by atoms with van der Waals surface area (Å²) in [6.45, 7) is 3.66. The maximum atomic E-state index is 10.4. The predicted molar refractivity (Wildman–Crippen MR) is 41.9 cm³/mol. The van der Waals surface area contributed by atoms with Gasteiger partial charge in [-0.05, 0) is 6.92 Å². The molecule has 0 saturated heterocycles. The third-order valence-corrected chi connectivity index (χ3v) is 1.71. The summed E-state index contributed by atoms with van der Waals surface area (Å²) in [5.41, 5.74) is 0.906. The van der Waals surface area contributed by atoms with E-state index in [1.165, 1.54) is 0 Å². The molecular weight excluding hydrogens is 158 g/mol. The minimum absolute atomic E-state index is 0.0794. The van der Waals surface area contributed by atoms with Gasteiger partial charge in [-0.25, -0.2) is 0 Å². The van der Waals surface area contributed by atoms with E-state index in [4.69, 9.17) is 9.63 Å². The van der Waals surface area contributed by atoms with E-state index in [1.807, 2.05) is 13.8 Å². The lowest BCUT2D eigenvalue weighted by molar-refractivity contribution is -0.137. The highest BCUT2D eigenvalue weighted by atomic mass is 16.5. The zero-order chi connectivity index (χ0) is 9.14. The maximum absolute atomic E-state index is 10.4. The molecule has 4 nitrogen and oxygen atoms in total. The van der Waals surface area contributed by atoms with Gasteiger partial charge in [-0.15, -0.1) is 0 Å². The average molecular weight is 169 g/mol. The SMILES string of the molecule is Cc1cnoc1C(C)CC(=O)O. The number of carbonyl (C=O) groups is 1. The topological polar surface area (TPSA) is 63.3 Å². The highest BCUT2D eigenvalue weighted by Gasteiger charge is 2.15. The Balaban J connectivity index is 2.71. The number of hydrogen-bond acceptors (Lipinski definition) is 3. The number of rotatable bonds is 3. The Morgan fingerprint density at radius 1 is 1.83 bits per heavy atom. The van der Waals surface area contributed by atoms with E-state index in [2.05, 4.69) is 5.16 Å². The third-order valence-electron chi connectivity index (χ3n) is 1.71. The molecule has 1 aromatic heterocycles. The number of hydrogen-bond donors (Lipinski definition) is 1. The molecule has 1 aromatic rings. The molecule has 1 heterocycles. The second kappa shape index (κ2) is 3.38. The standard InChI is InChI=1S/C8H11NO3/c1-5(3-7(10)11)8-6(2)4-9-12-8/h4-5H,3H2,1-2H3,(H,10,11). The summed E-state index contributed by atoms with van der Waals surface area (Å²) in [5, 5.41) is 12.1. The molecule has 1 unspecified atom stereocenters. The van der Waals surface area contributed by atoms with Crippen molar-refractivity contribution < 1.29 is 14.4 Å². The summed E-state index contributed by atoms with van der Waals surface area (Å²) in [6.07, 6.45) is 1.67. The van der Waals surface area contributed by atoms with Crippen molar-refractivity contribution in [2.45, 2.75) is 26.2 Å². The molecule has 0 saturated carbocycles. The van der Waals surface area contributed by atoms with Crippen molar-refractivity contribution in [3.8, 4) is 0 Å². The summed E-state index contributed by atoms with van der Waals surface area (Å²) < 4.78 is 4.91. The van der Waals surface area contributed by atoms with Crippen LogP contribution in [-0.4, -0.2) is 16.2 Å². The Morgan fingerprint density at radius 3 is 2.92 bits per heavy atom. The predicted octanol–water partition coefficient (Wildman–Crippen LogP) is 1.56. The molecule has 1 atom stereocenters. The van der Waals surface area contributed by atoms with Gasteiger partial charge in [-0.1, -0.05) is 12.1 Å². The number of aryl methyl sites for hydroxylation is 1. The van der Waals surface area contributed by atoms with E-state index in [1.54, 1.807) is 6.20 Å². The van der Waals surface area contributed by atoms with Crippen LogP contribution in [-0.2, 0) is 4.79 Å². The molecule has 66 valence electrons. The fourth-order valence-electron chi connectivity index (χ4n) is 1.13. The van der Waals surface area contributed by atoms with E-state index in [0.29, 0.717) is 5.76 Å². The second-order valence-corrected chi connectivity index (χ2v) is 2.87. The molecule has 0 bridgehead atoms. The number of nitrogens with zero attached hydrogens (tertiary/aromatic N) is 1. The molecule has 0 spiro atoms. The average Bonchev–Trinajstić information content (AvgIpc) is 2.33. The zero-order valence-electron chi connectivity index (χ0n) is 7.07. The van der Waals surface area contributed by atoms with E-state index in [0.717, 1.165) is 5.56 Å². The first-order chi connectivity index (χ1) is 5.61. The van der Waals surface area contributed by atoms with E-state index < -0.39 is 5.97 Å². The van der Waals surface area contributed by atoms with Gasteiger partial charge in [0.15, 0.2) is 0 Å². The van der Waals surface area contributed by atoms with Gasteiger partial charge in [0, 0.05) is 11.5 Å². The zero-order valence-corrected chi connectivity index (χ0v) is 7.07. The first kappa shape index (κ1) is 8.77. The minimum atomic E-state index is -0.821. The molecule has 0 aliphatic carbocycles. The van der Waals surface area contributed by atoms with Crippen molar-refractivity contribution in [3.05, 3.63) is 17.5 Å². The molecule has 0 aliphatic rings. The van der Waals surface area contributed by atoms with Gasteiger partial charge < -0.3 is 9.63 Å². The summed E-state index contributed by atoms with van der Waals surface area (Å²) in [6, 6.07) is 0. The maximum Gasteiger partial charge on any atom is 0.304 e. The summed E-state index contributed by atoms with van der Waals surface area (Å²) in [7, 11) is 0. The van der Waals surface area contributed by atoms with Gasteiger partial charge >= 0.3 is 5.97 Å². The third kappa shape index (κ3) is 1.84. The Hall–Kier alpha value is -1.32. The number of carboxylic acids is 1. The van der Waals surface area contributed by atoms with Crippen molar-refractivity contribution in [2.75, 3.05) is 0 Å². The molecule has 0 aliphatic heterocycles. The fraction of sp³-hybridized carbons (Fsp3) is 0.500. The van der Waals surface area contributed by atoms with Crippen LogP contribution in [0.25, 0.3) is 0 Å². The normalized spacial score (nSPS) is 12.8. The van der Waals surface area contributed by atoms with Crippen LogP contribution in [0.1, 0.15) is 30.6 Å². The fourth-order valence-corrected chi connectivity index (χ4v) is 1.13. The Kier molecular flexibility index (Phi) is 2.47. The first-order valence-corrected chi connectivity index (χ1v) is 3.74. The minimum Gasteiger partial charge on any atom is -0.481 e. The lowest BCUT2D eigenvalue weighted by Crippen LogP contribution is -2.02. The Bertz CT molecular complexity index is 280. The van der Waals surface area contributed by atoms with Crippen LogP contribution < -0.4 is 0 Å². The highest BCUT2D eigenvalue weighted by molar-refractivity contribution is 5.67. The molecule has 0 aromatic carbocycles. The van der Waals surface area contributed by atoms with E-state index >= 15 is 0 Å². The molecule has 12 heavy (non-hydrogen) atoms. The van der Waals surface area contributed by atoms with Crippen LogP contribution >= 0.6 is 0 Å². The second-order valence-electron chi connectivity index (χ2n) is 2.87. The summed E-state index contributed by atoms with van der Waals surface area (Å²) in [5.74, 6) is -0.263. The van der Waals surface area contributed by atoms with Gasteiger partial charge in [0.05, 0.1) is 12.6 Å². The quantitative estimate of drug-likeness (QED) is 0.745. The van der Waals surface area contributed by atoms with Crippen molar-refractivity contribution in [2.24, 2.45) is 0 Å². The molecule has 0 radical (unpaired) electrons. The summed E-state index contributed by atoms with van der Waals surface area (Å²) >= 11 is 0. The van der Waals surface area contributed by atoms with Crippen LogP contribution in [0.2, 0.25) is 0 Å². The van der Waals surface area contributed by atoms with Gasteiger partial charge in [0.1, 0.15) is 5.76 Å². The molecular formula is C8H11NO3. The van der Waals surface area contributed by atoms with Gasteiger partial charge in [-0.2, -0.15) is 0 Å².